The molecule has 7 heterocycles. The van der Waals surface area contributed by atoms with Crippen molar-refractivity contribution in [1.82, 2.24) is 44.4 Å². The third-order valence-electron chi connectivity index (χ3n) is 8.65. The average Bonchev–Trinajstić information content (AvgIpc) is 3.89. The van der Waals surface area contributed by atoms with E-state index in [4.69, 9.17) is 38.0 Å². The number of carbonyl (C=O) groups excluding carboxylic acids is 2. The summed E-state index contributed by atoms with van der Waals surface area (Å²) in [6, 6.07) is 0. The van der Waals surface area contributed by atoms with Crippen LogP contribution in [0.5, 0.6) is 0 Å². The lowest BCUT2D eigenvalue weighted by atomic mass is 10.1. The van der Waals surface area contributed by atoms with E-state index in [0.29, 0.717) is 0 Å². The zero-order valence-corrected chi connectivity index (χ0v) is 33.7. The standard InChI is InChI=1S/C29H37F2N11O11P2S2/c1-29(2,3)51-28(44)33-6-4-5-15(43)40-23-19-25(37-10-35-23)42(12-39-19)27-17(31)21-14(50-27)8-48-54(45,56)52-20-13(7-47-55(46,57)53-21)49-26(16(20)30)41-11-38-18-22(32)34-9-36-24(18)41/h9-14,16-17,20-21,26-27H,4-8H2,1-3H3,(H,33,44)(H,45,56)(H,46,57)(H2,32,34,36)(H,35,37,40,43)/t13-,14-,16-,17-,20?,21?,26-,27-,54-,55-/m1/s1. The lowest BCUT2D eigenvalue weighted by Crippen LogP contribution is -2.36. The molecular formula is C29H37F2N11O11P2S2. The number of nitrogens with one attached hydrogen (secondary N) is 2. The minimum atomic E-state index is -4.49. The van der Waals surface area contributed by atoms with Crippen LogP contribution in [0.4, 0.5) is 25.2 Å². The number of amides is 2. The molecule has 7 rings (SSSR count). The number of alkyl carbamates (subject to hydrolysis) is 1. The number of alkyl halides is 2. The van der Waals surface area contributed by atoms with Crippen LogP contribution in [-0.2, 0) is 46.2 Å². The maximum absolute atomic E-state index is 16.4. The minimum Gasteiger partial charge on any atom is -0.444 e. The van der Waals surface area contributed by atoms with Gasteiger partial charge < -0.3 is 30.6 Å². The quantitative estimate of drug-likeness (QED) is 0.100. The fourth-order valence-electron chi connectivity index (χ4n) is 6.19. The molecule has 57 heavy (non-hydrogen) atoms. The van der Waals surface area contributed by atoms with E-state index in [0.717, 1.165) is 12.7 Å². The SMILES string of the molecule is CC(C)(C)OC(=O)NCCCC(=O)Nc1ncnc2c1ncn2[C@@H]1O[C@@H]2CO[P@@](=O)(S)OC3[C@@H](F)[C@H](n4cnc5c(N)ncnc54)O[C@@H]3CO[P@@](=O)(S)OC2[C@H]1F. The van der Waals surface area contributed by atoms with Crippen LogP contribution in [0.2, 0.25) is 0 Å². The van der Waals surface area contributed by atoms with Crippen LogP contribution < -0.4 is 16.4 Å². The first kappa shape index (κ1) is 41.6. The van der Waals surface area contributed by atoms with Crippen LogP contribution in [0.1, 0.15) is 46.1 Å². The molecule has 0 saturated carbocycles. The van der Waals surface area contributed by atoms with Crippen molar-refractivity contribution in [2.45, 2.75) is 88.4 Å². The summed E-state index contributed by atoms with van der Waals surface area (Å²) < 4.78 is 101. The Hall–Kier alpha value is -3.58. The maximum atomic E-state index is 16.4. The molecule has 4 aromatic heterocycles. The van der Waals surface area contributed by atoms with E-state index in [1.54, 1.807) is 20.8 Å². The van der Waals surface area contributed by atoms with Gasteiger partial charge in [-0.15, -0.1) is 0 Å². The number of imidazole rings is 2. The first-order valence-corrected chi connectivity index (χ1v) is 22.6. The molecule has 0 bridgehead atoms. The Labute approximate surface area is 332 Å². The molecule has 0 aliphatic carbocycles. The van der Waals surface area contributed by atoms with Crippen LogP contribution in [0.25, 0.3) is 22.3 Å². The second kappa shape index (κ2) is 16.2. The minimum absolute atomic E-state index is 0.00149. The lowest BCUT2D eigenvalue weighted by Gasteiger charge is -2.28. The van der Waals surface area contributed by atoms with Gasteiger partial charge in [0.15, 0.2) is 53.2 Å². The zero-order chi connectivity index (χ0) is 40.9. The number of thiol groups is 2. The van der Waals surface area contributed by atoms with Gasteiger partial charge in [0.1, 0.15) is 48.2 Å². The molecule has 0 aromatic carbocycles. The van der Waals surface area contributed by atoms with Crippen LogP contribution in [0, 0.1) is 0 Å². The molecule has 2 amide bonds. The van der Waals surface area contributed by atoms with Crippen molar-refractivity contribution in [3.8, 4) is 0 Å². The Bertz CT molecular complexity index is 2250. The highest BCUT2D eigenvalue weighted by Crippen LogP contribution is 2.60. The Kier molecular flexibility index (Phi) is 11.8. The number of ether oxygens (including phenoxy) is 3. The number of anilines is 2. The first-order chi connectivity index (χ1) is 26.9. The van der Waals surface area contributed by atoms with Gasteiger partial charge in [0.25, 0.3) is 0 Å². The Morgan fingerprint density at radius 2 is 1.40 bits per heavy atom. The third-order valence-corrected chi connectivity index (χ3v) is 11.9. The fourth-order valence-corrected chi connectivity index (χ4v) is 9.16. The van der Waals surface area contributed by atoms with Crippen LogP contribution in [0.15, 0.2) is 25.3 Å². The summed E-state index contributed by atoms with van der Waals surface area (Å²) in [5.74, 6) is -0.422. The van der Waals surface area contributed by atoms with E-state index in [2.05, 4.69) is 65.0 Å². The monoisotopic (exact) mass is 879 g/mol. The number of carbonyl (C=O) groups is 2. The molecule has 4 aromatic rings. The number of nitrogens with two attached hydrogens (primary N) is 1. The van der Waals surface area contributed by atoms with Crippen molar-refractivity contribution in [1.29, 1.82) is 0 Å². The van der Waals surface area contributed by atoms with E-state index in [-0.39, 0.29) is 53.3 Å². The summed E-state index contributed by atoms with van der Waals surface area (Å²) in [5.41, 5.74) is 5.57. The van der Waals surface area contributed by atoms with Gasteiger partial charge in [0, 0.05) is 13.0 Å². The molecule has 28 heteroatoms. The second-order valence-corrected chi connectivity index (χ2v) is 19.6. The summed E-state index contributed by atoms with van der Waals surface area (Å²) in [4.78, 5) is 49.1. The molecule has 0 spiro atoms. The normalized spacial score (nSPS) is 32.3. The van der Waals surface area contributed by atoms with Gasteiger partial charge in [-0.25, -0.2) is 52.6 Å². The largest absolute Gasteiger partial charge is 0.444 e. The number of fused-ring (bicyclic) bond motifs is 4. The first-order valence-electron chi connectivity index (χ1n) is 17.2. The van der Waals surface area contributed by atoms with Gasteiger partial charge >= 0.3 is 19.7 Å². The molecule has 310 valence electrons. The number of halogens is 2. The van der Waals surface area contributed by atoms with Gasteiger partial charge in [0.05, 0.1) is 25.9 Å². The fraction of sp³-hybridized carbons (Fsp3) is 0.586. The van der Waals surface area contributed by atoms with Gasteiger partial charge in [-0.3, -0.25) is 32.0 Å². The molecule has 22 nitrogen and oxygen atoms in total. The van der Waals surface area contributed by atoms with Crippen molar-refractivity contribution < 1.29 is 59.8 Å². The Morgan fingerprint density at radius 3 is 1.96 bits per heavy atom. The molecule has 10 atom stereocenters. The molecule has 3 fully saturated rings. The topological polar surface area (TPSA) is 270 Å². The Balaban J connectivity index is 1.04. The molecule has 0 radical (unpaired) electrons. The zero-order valence-electron chi connectivity index (χ0n) is 30.2. The molecule has 3 saturated heterocycles. The van der Waals surface area contributed by atoms with E-state index < -0.39 is 93.6 Å². The van der Waals surface area contributed by atoms with E-state index >= 15 is 8.78 Å². The summed E-state index contributed by atoms with van der Waals surface area (Å²) in [5, 5.41) is 5.18. The number of hydrogen-bond donors (Lipinski definition) is 5. The predicted octanol–water partition coefficient (Wildman–Crippen LogP) is 3.86. The van der Waals surface area contributed by atoms with E-state index in [1.165, 1.54) is 21.8 Å². The average molecular weight is 880 g/mol. The van der Waals surface area contributed by atoms with E-state index in [1.807, 2.05) is 0 Å². The summed E-state index contributed by atoms with van der Waals surface area (Å²) in [6.07, 6.45) is -9.18. The highest BCUT2D eigenvalue weighted by Gasteiger charge is 2.54. The number of aromatic nitrogens is 8. The van der Waals surface area contributed by atoms with Crippen molar-refractivity contribution in [2.75, 3.05) is 30.8 Å². The van der Waals surface area contributed by atoms with E-state index in [9.17, 15) is 18.7 Å². The molecule has 2 unspecified atom stereocenters. The van der Waals surface area contributed by atoms with Crippen molar-refractivity contribution >= 4 is 84.1 Å². The lowest BCUT2D eigenvalue weighted by molar-refractivity contribution is -0.116. The summed E-state index contributed by atoms with van der Waals surface area (Å²) in [7, 11) is 0. The summed E-state index contributed by atoms with van der Waals surface area (Å²) >= 11 is 8.06. The van der Waals surface area contributed by atoms with Gasteiger partial charge in [-0.1, -0.05) is 24.5 Å². The molecular weight excluding hydrogens is 842 g/mol. The number of rotatable bonds is 7. The predicted molar refractivity (Wildman–Crippen MR) is 200 cm³/mol. The van der Waals surface area contributed by atoms with Crippen LogP contribution >= 0.6 is 38.1 Å². The van der Waals surface area contributed by atoms with Crippen molar-refractivity contribution in [3.63, 3.8) is 0 Å². The summed E-state index contributed by atoms with van der Waals surface area (Å²) in [6.45, 7) is -5.03. The number of hydrogen-bond acceptors (Lipinski definition) is 18. The van der Waals surface area contributed by atoms with Crippen molar-refractivity contribution in [3.05, 3.63) is 25.3 Å². The maximum Gasteiger partial charge on any atom is 0.407 e. The highest BCUT2D eigenvalue weighted by atomic mass is 32.7. The van der Waals surface area contributed by atoms with Gasteiger partial charge in [-0.05, 0) is 27.2 Å². The number of nitrogen functional groups attached to an aromatic ring is 1. The molecule has 4 N–H and O–H groups in total. The van der Waals surface area contributed by atoms with Crippen molar-refractivity contribution in [2.24, 2.45) is 0 Å². The third kappa shape index (κ3) is 9.19. The van der Waals surface area contributed by atoms with Crippen LogP contribution in [-0.4, -0.2) is 113 Å². The van der Waals surface area contributed by atoms with Gasteiger partial charge in [0.2, 0.25) is 5.91 Å². The highest BCUT2D eigenvalue weighted by molar-refractivity contribution is 8.44. The molecule has 3 aliphatic heterocycles. The smallest absolute Gasteiger partial charge is 0.407 e. The number of nitrogens with zero attached hydrogens (tertiary/aromatic N) is 8. The van der Waals surface area contributed by atoms with Gasteiger partial charge in [-0.2, -0.15) is 0 Å². The molecule has 3 aliphatic rings. The van der Waals surface area contributed by atoms with Crippen LogP contribution in [0.3, 0.4) is 0 Å². The Morgan fingerprint density at radius 1 is 0.877 bits per heavy atom. The second-order valence-electron chi connectivity index (χ2n) is 13.9.